The second-order valence-corrected chi connectivity index (χ2v) is 5.74. The first-order valence-electron chi connectivity index (χ1n) is 7.91. The third-order valence-corrected chi connectivity index (χ3v) is 3.85. The Balaban J connectivity index is 0.00000242. The monoisotopic (exact) mass is 326 g/mol. The van der Waals surface area contributed by atoms with Crippen molar-refractivity contribution in [3.8, 4) is 0 Å². The summed E-state index contributed by atoms with van der Waals surface area (Å²) in [6.45, 7) is 2.81. The minimum atomic E-state index is 0. The van der Waals surface area contributed by atoms with Gasteiger partial charge in [0.15, 0.2) is 0 Å². The predicted molar refractivity (Wildman–Crippen MR) is 91.0 cm³/mol. The van der Waals surface area contributed by atoms with Crippen molar-refractivity contribution in [2.75, 3.05) is 19.7 Å². The Labute approximate surface area is 139 Å². The van der Waals surface area contributed by atoms with Gasteiger partial charge in [0.2, 0.25) is 5.91 Å². The number of hydrogen-bond acceptors (Lipinski definition) is 3. The van der Waals surface area contributed by atoms with Crippen LogP contribution in [0.4, 0.5) is 0 Å². The first-order chi connectivity index (χ1) is 10.3. The van der Waals surface area contributed by atoms with Crippen LogP contribution in [0, 0.1) is 0 Å². The van der Waals surface area contributed by atoms with E-state index >= 15 is 0 Å². The van der Waals surface area contributed by atoms with Crippen molar-refractivity contribution >= 4 is 18.3 Å². The molecule has 1 aromatic carbocycles. The topological polar surface area (TPSA) is 55.6 Å². The maximum atomic E-state index is 12.1. The lowest BCUT2D eigenvalue weighted by molar-refractivity contribution is -0.131. The Morgan fingerprint density at radius 1 is 1.27 bits per heavy atom. The van der Waals surface area contributed by atoms with Gasteiger partial charge >= 0.3 is 0 Å². The van der Waals surface area contributed by atoms with E-state index in [4.69, 9.17) is 10.5 Å². The lowest BCUT2D eigenvalue weighted by Gasteiger charge is -2.22. The number of nitrogens with two attached hydrogens (primary N) is 1. The summed E-state index contributed by atoms with van der Waals surface area (Å²) in [4.78, 5) is 14.1. The number of halogens is 1. The Hall–Kier alpha value is -1.10. The van der Waals surface area contributed by atoms with E-state index in [1.807, 2.05) is 35.2 Å². The number of carbonyl (C=O) groups excluding carboxylic acids is 1. The molecule has 0 aromatic heterocycles. The van der Waals surface area contributed by atoms with Gasteiger partial charge in [-0.3, -0.25) is 4.79 Å². The van der Waals surface area contributed by atoms with Crippen molar-refractivity contribution in [1.29, 1.82) is 0 Å². The van der Waals surface area contributed by atoms with Gasteiger partial charge in [0.25, 0.3) is 0 Å². The zero-order valence-electron chi connectivity index (χ0n) is 13.1. The largest absolute Gasteiger partial charge is 0.377 e. The summed E-state index contributed by atoms with van der Waals surface area (Å²) in [7, 11) is 0. The lowest BCUT2D eigenvalue weighted by Crippen LogP contribution is -2.39. The van der Waals surface area contributed by atoms with E-state index in [1.54, 1.807) is 0 Å². The van der Waals surface area contributed by atoms with Crippen molar-refractivity contribution in [2.24, 2.45) is 5.73 Å². The molecule has 1 saturated heterocycles. The molecule has 22 heavy (non-hydrogen) atoms. The fourth-order valence-corrected chi connectivity index (χ4v) is 2.65. The minimum Gasteiger partial charge on any atom is -0.377 e. The molecule has 1 amide bonds. The summed E-state index contributed by atoms with van der Waals surface area (Å²) in [6, 6.07) is 10.2. The van der Waals surface area contributed by atoms with Gasteiger partial charge in [0, 0.05) is 32.2 Å². The van der Waals surface area contributed by atoms with E-state index in [0.29, 0.717) is 26.2 Å². The SMILES string of the molecule is Cl.NC1CCCCN(C(=O)CCCOCc2ccccc2)C1. The maximum absolute atomic E-state index is 12.1. The van der Waals surface area contributed by atoms with Crippen LogP contribution in [0.1, 0.15) is 37.7 Å². The van der Waals surface area contributed by atoms with Gasteiger partial charge < -0.3 is 15.4 Å². The fourth-order valence-electron chi connectivity index (χ4n) is 2.65. The molecule has 1 atom stereocenters. The second kappa shape index (κ2) is 10.6. The molecule has 124 valence electrons. The average Bonchev–Trinajstić information content (AvgIpc) is 2.72. The molecule has 0 saturated carbocycles. The second-order valence-electron chi connectivity index (χ2n) is 5.74. The first kappa shape index (κ1) is 18.9. The van der Waals surface area contributed by atoms with E-state index in [0.717, 1.165) is 32.2 Å². The summed E-state index contributed by atoms with van der Waals surface area (Å²) in [6.07, 6.45) is 4.57. The quantitative estimate of drug-likeness (QED) is 0.818. The number of ether oxygens (including phenoxy) is 1. The van der Waals surface area contributed by atoms with Crippen LogP contribution in [0.15, 0.2) is 30.3 Å². The number of benzene rings is 1. The Bertz CT molecular complexity index is 428. The van der Waals surface area contributed by atoms with Crippen molar-refractivity contribution in [2.45, 2.75) is 44.8 Å². The number of hydrogen-bond donors (Lipinski definition) is 1. The summed E-state index contributed by atoms with van der Waals surface area (Å²) < 4.78 is 5.61. The number of amides is 1. The average molecular weight is 327 g/mol. The van der Waals surface area contributed by atoms with Gasteiger partial charge in [-0.25, -0.2) is 0 Å². The predicted octanol–water partition coefficient (Wildman–Crippen LogP) is 2.75. The van der Waals surface area contributed by atoms with Gasteiger partial charge in [-0.15, -0.1) is 12.4 Å². The van der Waals surface area contributed by atoms with Crippen LogP contribution in [-0.4, -0.2) is 36.5 Å². The van der Waals surface area contributed by atoms with E-state index in [9.17, 15) is 4.79 Å². The number of carbonyl (C=O) groups is 1. The third-order valence-electron chi connectivity index (χ3n) is 3.85. The highest BCUT2D eigenvalue weighted by Crippen LogP contribution is 2.11. The normalized spacial score (nSPS) is 18.4. The van der Waals surface area contributed by atoms with Gasteiger partial charge in [-0.1, -0.05) is 36.8 Å². The molecule has 0 radical (unpaired) electrons. The summed E-state index contributed by atoms with van der Waals surface area (Å²) in [5, 5.41) is 0. The van der Waals surface area contributed by atoms with Crippen LogP contribution in [-0.2, 0) is 16.1 Å². The number of rotatable bonds is 6. The van der Waals surface area contributed by atoms with E-state index in [1.165, 1.54) is 5.56 Å². The van der Waals surface area contributed by atoms with E-state index in [2.05, 4.69) is 0 Å². The highest BCUT2D eigenvalue weighted by Gasteiger charge is 2.19. The maximum Gasteiger partial charge on any atom is 0.222 e. The van der Waals surface area contributed by atoms with Crippen molar-refractivity contribution in [3.05, 3.63) is 35.9 Å². The zero-order valence-corrected chi connectivity index (χ0v) is 13.9. The molecule has 1 fully saturated rings. The number of nitrogens with zero attached hydrogens (tertiary/aromatic N) is 1. The van der Waals surface area contributed by atoms with Crippen LogP contribution in [0.5, 0.6) is 0 Å². The molecule has 1 aromatic rings. The molecule has 5 heteroatoms. The molecule has 1 aliphatic heterocycles. The van der Waals surface area contributed by atoms with Gasteiger partial charge in [0.1, 0.15) is 0 Å². The fraction of sp³-hybridized carbons (Fsp3) is 0.588. The molecular formula is C17H27ClN2O2. The van der Waals surface area contributed by atoms with Crippen LogP contribution in [0.3, 0.4) is 0 Å². The molecular weight excluding hydrogens is 300 g/mol. The van der Waals surface area contributed by atoms with Gasteiger partial charge in [0.05, 0.1) is 6.61 Å². The molecule has 1 unspecified atom stereocenters. The third kappa shape index (κ3) is 6.77. The first-order valence-corrected chi connectivity index (χ1v) is 7.91. The Kier molecular flexibility index (Phi) is 9.13. The van der Waals surface area contributed by atoms with E-state index in [-0.39, 0.29) is 24.4 Å². The highest BCUT2D eigenvalue weighted by molar-refractivity contribution is 5.85. The van der Waals surface area contributed by atoms with Crippen molar-refractivity contribution < 1.29 is 9.53 Å². The van der Waals surface area contributed by atoms with E-state index < -0.39 is 0 Å². The molecule has 2 rings (SSSR count). The van der Waals surface area contributed by atoms with Crippen LogP contribution in [0.25, 0.3) is 0 Å². The molecule has 0 aliphatic carbocycles. The molecule has 1 aliphatic rings. The Morgan fingerprint density at radius 3 is 2.82 bits per heavy atom. The van der Waals surface area contributed by atoms with Gasteiger partial charge in [-0.2, -0.15) is 0 Å². The minimum absolute atomic E-state index is 0. The van der Waals surface area contributed by atoms with Crippen LogP contribution >= 0.6 is 12.4 Å². The Morgan fingerprint density at radius 2 is 2.05 bits per heavy atom. The summed E-state index contributed by atoms with van der Waals surface area (Å²) in [5.41, 5.74) is 7.15. The van der Waals surface area contributed by atoms with Crippen LogP contribution < -0.4 is 5.73 Å². The molecule has 0 spiro atoms. The van der Waals surface area contributed by atoms with Crippen molar-refractivity contribution in [3.63, 3.8) is 0 Å². The molecule has 2 N–H and O–H groups in total. The zero-order chi connectivity index (χ0) is 14.9. The molecule has 4 nitrogen and oxygen atoms in total. The molecule has 1 heterocycles. The summed E-state index contributed by atoms with van der Waals surface area (Å²) in [5.74, 6) is 0.218. The van der Waals surface area contributed by atoms with Crippen molar-refractivity contribution in [1.82, 2.24) is 4.90 Å². The summed E-state index contributed by atoms with van der Waals surface area (Å²) >= 11 is 0. The molecule has 0 bridgehead atoms. The standard InChI is InChI=1S/C17H26N2O2.ClH/c18-16-9-4-5-11-19(13-16)17(20)10-6-12-21-14-15-7-2-1-3-8-15;/h1-3,7-8,16H,4-6,9-14,18H2;1H. The smallest absolute Gasteiger partial charge is 0.222 e. The van der Waals surface area contributed by atoms with Crippen LogP contribution in [0.2, 0.25) is 0 Å². The highest BCUT2D eigenvalue weighted by atomic mass is 35.5. The lowest BCUT2D eigenvalue weighted by atomic mass is 10.2. The number of likely N-dealkylation sites (tertiary alicyclic amines) is 1. The van der Waals surface area contributed by atoms with Gasteiger partial charge in [-0.05, 0) is 24.8 Å².